The number of alkyl halides is 2. The van der Waals surface area contributed by atoms with Crippen molar-refractivity contribution in [2.24, 2.45) is 0 Å². The van der Waals surface area contributed by atoms with Gasteiger partial charge in [-0.25, -0.2) is 14.5 Å². The molecular formula is C30H37Cl3N2O6. The van der Waals surface area contributed by atoms with E-state index in [9.17, 15) is 19.2 Å². The lowest BCUT2D eigenvalue weighted by Crippen LogP contribution is -2.40. The standard InChI is InChI=1S/C15H18ClNO3.C10H11NO2.C5H8Cl2O/c16-9-5-4-8-14(18)17-13(11-20-15(17)19)10-12-6-2-1-3-7-12;12-10-11-9(7-13-10)6-8-4-2-1-3-5-8;6-4-2-1-3-5(7)8/h1-3,6-7,13H,4-5,8-11H2;1-5,9H,6-7H2,(H,11,12);1-4H2/t13-;9-;/m00./s1. The van der Waals surface area contributed by atoms with Crippen LogP contribution < -0.4 is 5.32 Å². The van der Waals surface area contributed by atoms with E-state index in [0.29, 0.717) is 44.1 Å². The fraction of sp³-hybridized carbons (Fsp3) is 0.467. The SMILES string of the molecule is O=C(CCCCCl)N1C(=O)OC[C@@H]1Cc1ccccc1.O=C(Cl)CCCCCl.O=C1N[C@@H](Cc2ccccc2)CO1. The summed E-state index contributed by atoms with van der Waals surface area (Å²) >= 11 is 16.0. The van der Waals surface area contributed by atoms with Gasteiger partial charge in [-0.3, -0.25) is 9.59 Å². The molecule has 2 aliphatic rings. The van der Waals surface area contributed by atoms with Crippen LogP contribution in [0, 0.1) is 0 Å². The van der Waals surface area contributed by atoms with E-state index in [4.69, 9.17) is 44.3 Å². The lowest BCUT2D eigenvalue weighted by molar-refractivity contribution is -0.129. The van der Waals surface area contributed by atoms with Gasteiger partial charge in [0, 0.05) is 24.6 Å². The molecule has 0 unspecified atom stereocenters. The van der Waals surface area contributed by atoms with Gasteiger partial charge in [-0.05, 0) is 61.3 Å². The van der Waals surface area contributed by atoms with Gasteiger partial charge in [0.2, 0.25) is 11.1 Å². The maximum Gasteiger partial charge on any atom is 0.416 e. The van der Waals surface area contributed by atoms with Crippen LogP contribution >= 0.6 is 34.8 Å². The third-order valence-corrected chi connectivity index (χ3v) is 6.86. The molecule has 0 saturated carbocycles. The first-order valence-corrected chi connectivity index (χ1v) is 15.1. The predicted octanol–water partition coefficient (Wildman–Crippen LogP) is 6.48. The number of nitrogens with one attached hydrogen (secondary N) is 1. The number of nitrogens with zero attached hydrogens (tertiary/aromatic N) is 1. The molecule has 2 aromatic rings. The molecule has 2 saturated heterocycles. The maximum atomic E-state index is 12.1. The minimum absolute atomic E-state index is 0.134. The highest BCUT2D eigenvalue weighted by molar-refractivity contribution is 6.63. The van der Waals surface area contributed by atoms with Gasteiger partial charge in [-0.2, -0.15) is 0 Å². The van der Waals surface area contributed by atoms with Crippen LogP contribution in [0.1, 0.15) is 49.7 Å². The molecule has 2 heterocycles. The quantitative estimate of drug-likeness (QED) is 0.164. The molecule has 224 valence electrons. The Hall–Kier alpha value is -2.81. The van der Waals surface area contributed by atoms with Crippen LogP contribution in [0.3, 0.4) is 0 Å². The van der Waals surface area contributed by atoms with Gasteiger partial charge in [0.1, 0.15) is 13.2 Å². The third-order valence-electron chi connectivity index (χ3n) is 6.14. The molecule has 0 aromatic heterocycles. The number of hydrogen-bond donors (Lipinski definition) is 1. The second-order valence-electron chi connectivity index (χ2n) is 9.46. The minimum Gasteiger partial charge on any atom is -0.447 e. The van der Waals surface area contributed by atoms with Gasteiger partial charge in [0.15, 0.2) is 0 Å². The number of rotatable bonds is 12. The van der Waals surface area contributed by atoms with Crippen molar-refractivity contribution in [3.8, 4) is 0 Å². The topological polar surface area (TPSA) is 102 Å². The first kappa shape index (κ1) is 34.4. The molecule has 4 rings (SSSR count). The molecular weight excluding hydrogens is 591 g/mol. The van der Waals surface area contributed by atoms with E-state index in [0.717, 1.165) is 31.2 Å². The third kappa shape index (κ3) is 14.1. The zero-order chi connectivity index (χ0) is 29.9. The van der Waals surface area contributed by atoms with E-state index in [2.05, 4.69) is 5.32 Å². The molecule has 8 nitrogen and oxygen atoms in total. The molecule has 41 heavy (non-hydrogen) atoms. The van der Waals surface area contributed by atoms with Crippen LogP contribution in [0.4, 0.5) is 9.59 Å². The summed E-state index contributed by atoms with van der Waals surface area (Å²) in [4.78, 5) is 45.8. The summed E-state index contributed by atoms with van der Waals surface area (Å²) < 4.78 is 9.81. The van der Waals surface area contributed by atoms with Gasteiger partial charge in [-0.1, -0.05) is 60.7 Å². The van der Waals surface area contributed by atoms with Crippen molar-refractivity contribution in [2.45, 2.75) is 63.5 Å². The first-order valence-electron chi connectivity index (χ1n) is 13.6. The van der Waals surface area contributed by atoms with Crippen LogP contribution in [0.5, 0.6) is 0 Å². The van der Waals surface area contributed by atoms with Gasteiger partial charge < -0.3 is 14.8 Å². The molecule has 2 fully saturated rings. The number of unbranched alkanes of at least 4 members (excludes halogenated alkanes) is 2. The Morgan fingerprint density at radius 1 is 0.780 bits per heavy atom. The molecule has 1 N–H and O–H groups in total. The van der Waals surface area contributed by atoms with Crippen LogP contribution in [-0.4, -0.2) is 65.3 Å². The Bertz CT molecular complexity index is 1070. The van der Waals surface area contributed by atoms with Crippen molar-refractivity contribution < 1.29 is 28.7 Å². The molecule has 0 bridgehead atoms. The molecule has 3 amide bonds. The number of ether oxygens (including phenoxy) is 2. The van der Waals surface area contributed by atoms with E-state index in [1.807, 2.05) is 60.7 Å². The molecule has 0 aliphatic carbocycles. The van der Waals surface area contributed by atoms with E-state index in [-0.39, 0.29) is 35.9 Å². The lowest BCUT2D eigenvalue weighted by atomic mass is 10.1. The number of halogens is 3. The highest BCUT2D eigenvalue weighted by Crippen LogP contribution is 2.19. The van der Waals surface area contributed by atoms with Crippen LogP contribution in [0.25, 0.3) is 0 Å². The zero-order valence-corrected chi connectivity index (χ0v) is 25.2. The summed E-state index contributed by atoms with van der Waals surface area (Å²) in [6, 6.07) is 19.8. The number of imide groups is 1. The molecule has 0 radical (unpaired) electrons. The summed E-state index contributed by atoms with van der Waals surface area (Å²) in [5.41, 5.74) is 2.31. The monoisotopic (exact) mass is 626 g/mol. The van der Waals surface area contributed by atoms with Crippen LogP contribution in [0.15, 0.2) is 60.7 Å². The van der Waals surface area contributed by atoms with Gasteiger partial charge in [-0.15, -0.1) is 23.2 Å². The summed E-state index contributed by atoms with van der Waals surface area (Å²) in [6.07, 6.45) is 4.60. The average molecular weight is 628 g/mol. The van der Waals surface area contributed by atoms with Crippen molar-refractivity contribution in [2.75, 3.05) is 25.0 Å². The number of alkyl carbamates (subject to hydrolysis) is 1. The maximum absolute atomic E-state index is 12.1. The van der Waals surface area contributed by atoms with Crippen molar-refractivity contribution in [1.82, 2.24) is 10.2 Å². The second-order valence-corrected chi connectivity index (χ2v) is 10.6. The van der Waals surface area contributed by atoms with Crippen molar-refractivity contribution >= 4 is 58.1 Å². The zero-order valence-electron chi connectivity index (χ0n) is 22.9. The number of carbonyl (C=O) groups is 4. The van der Waals surface area contributed by atoms with Gasteiger partial charge in [0.05, 0.1) is 12.1 Å². The van der Waals surface area contributed by atoms with Crippen molar-refractivity contribution in [1.29, 1.82) is 0 Å². The highest BCUT2D eigenvalue weighted by Gasteiger charge is 2.37. The highest BCUT2D eigenvalue weighted by atomic mass is 35.5. The van der Waals surface area contributed by atoms with Crippen LogP contribution in [-0.2, 0) is 31.9 Å². The molecule has 0 spiro atoms. The normalized spacial score (nSPS) is 17.3. The number of amides is 3. The van der Waals surface area contributed by atoms with Gasteiger partial charge in [0.25, 0.3) is 0 Å². The Balaban J connectivity index is 0.000000240. The Kier molecular flexibility index (Phi) is 16.9. The largest absolute Gasteiger partial charge is 0.447 e. The number of cyclic esters (lactones) is 2. The lowest BCUT2D eigenvalue weighted by Gasteiger charge is -2.19. The Morgan fingerprint density at radius 2 is 1.34 bits per heavy atom. The molecule has 2 atom stereocenters. The fourth-order valence-corrected chi connectivity index (χ4v) is 4.60. The Labute approximate surface area is 256 Å². The summed E-state index contributed by atoms with van der Waals surface area (Å²) in [5, 5.41) is 2.47. The van der Waals surface area contributed by atoms with Gasteiger partial charge >= 0.3 is 12.2 Å². The second kappa shape index (κ2) is 20.1. The smallest absolute Gasteiger partial charge is 0.416 e. The first-order chi connectivity index (χ1) is 19.8. The van der Waals surface area contributed by atoms with E-state index < -0.39 is 6.09 Å². The number of benzene rings is 2. The minimum atomic E-state index is -0.526. The summed E-state index contributed by atoms with van der Waals surface area (Å²) in [7, 11) is 0. The number of carbonyl (C=O) groups excluding carboxylic acids is 4. The summed E-state index contributed by atoms with van der Waals surface area (Å²) in [6.45, 7) is 0.753. The molecule has 2 aliphatic heterocycles. The molecule has 11 heteroatoms. The van der Waals surface area contributed by atoms with Crippen molar-refractivity contribution in [3.63, 3.8) is 0 Å². The average Bonchev–Trinajstić information content (AvgIpc) is 3.54. The fourth-order valence-electron chi connectivity index (χ4n) is 4.09. The predicted molar refractivity (Wildman–Crippen MR) is 161 cm³/mol. The number of hydrogen-bond acceptors (Lipinski definition) is 6. The van der Waals surface area contributed by atoms with E-state index in [1.165, 1.54) is 10.5 Å². The van der Waals surface area contributed by atoms with E-state index >= 15 is 0 Å². The van der Waals surface area contributed by atoms with E-state index in [1.54, 1.807) is 0 Å². The summed E-state index contributed by atoms with van der Waals surface area (Å²) in [5.74, 6) is 0.980. The molecule has 2 aromatic carbocycles. The van der Waals surface area contributed by atoms with Crippen molar-refractivity contribution in [3.05, 3.63) is 71.8 Å². The Morgan fingerprint density at radius 3 is 1.85 bits per heavy atom. The van der Waals surface area contributed by atoms with Crippen LogP contribution in [0.2, 0.25) is 0 Å².